The number of benzene rings is 2. The largest absolute Gasteiger partial charge is 0.356 e. The topological polar surface area (TPSA) is 54.2 Å². The Kier molecular flexibility index (Phi) is 8.93. The summed E-state index contributed by atoms with van der Waals surface area (Å²) in [6.45, 7) is 2.22. The molecular weight excluding hydrogens is 468 g/mol. The Bertz CT molecular complexity index is 863. The van der Waals surface area contributed by atoms with Gasteiger partial charge in [-0.2, -0.15) is 0 Å². The highest BCUT2D eigenvalue weighted by molar-refractivity contribution is 14.0. The number of nitrogens with zero attached hydrogens (tertiary/aromatic N) is 3. The van der Waals surface area contributed by atoms with Crippen molar-refractivity contribution in [3.8, 4) is 0 Å². The number of halogens is 2. The number of hydrogen-bond donors (Lipinski definition) is 2. The van der Waals surface area contributed by atoms with Gasteiger partial charge in [-0.1, -0.05) is 36.4 Å². The van der Waals surface area contributed by atoms with Crippen molar-refractivity contribution in [3.05, 3.63) is 89.8 Å². The molecule has 0 fully saturated rings. The van der Waals surface area contributed by atoms with Gasteiger partial charge in [-0.05, 0) is 35.2 Å². The predicted octanol–water partition coefficient (Wildman–Crippen LogP) is 3.60. The van der Waals surface area contributed by atoms with Gasteiger partial charge in [-0.15, -0.1) is 24.0 Å². The molecule has 148 valence electrons. The Morgan fingerprint density at radius 1 is 1.07 bits per heavy atom. The average Bonchev–Trinajstić information content (AvgIpc) is 3.19. The van der Waals surface area contributed by atoms with Crippen LogP contribution in [0, 0.1) is 5.82 Å². The maximum absolute atomic E-state index is 12.9. The van der Waals surface area contributed by atoms with Crippen LogP contribution in [0.25, 0.3) is 0 Å². The van der Waals surface area contributed by atoms with Gasteiger partial charge in [-0.25, -0.2) is 9.37 Å². The molecule has 0 aliphatic heterocycles. The number of aromatic nitrogens is 2. The minimum Gasteiger partial charge on any atom is -0.356 e. The molecule has 0 unspecified atom stereocenters. The van der Waals surface area contributed by atoms with Gasteiger partial charge >= 0.3 is 0 Å². The van der Waals surface area contributed by atoms with E-state index in [0.717, 1.165) is 31.0 Å². The monoisotopic (exact) mass is 493 g/mol. The van der Waals surface area contributed by atoms with E-state index in [-0.39, 0.29) is 29.8 Å². The van der Waals surface area contributed by atoms with E-state index in [2.05, 4.69) is 44.9 Å². The second-order valence-electron chi connectivity index (χ2n) is 6.28. The molecule has 0 aliphatic rings. The zero-order valence-electron chi connectivity index (χ0n) is 15.8. The minimum atomic E-state index is -0.209. The average molecular weight is 493 g/mol. The van der Waals surface area contributed by atoms with Crippen LogP contribution in [-0.2, 0) is 19.5 Å². The van der Waals surface area contributed by atoms with Crippen LogP contribution in [0.4, 0.5) is 4.39 Å². The number of rotatable bonds is 7. The van der Waals surface area contributed by atoms with Crippen LogP contribution in [0.5, 0.6) is 0 Å². The first-order chi connectivity index (χ1) is 13.2. The second-order valence-corrected chi connectivity index (χ2v) is 6.28. The molecule has 2 N–H and O–H groups in total. The van der Waals surface area contributed by atoms with Crippen molar-refractivity contribution >= 4 is 29.9 Å². The lowest BCUT2D eigenvalue weighted by Gasteiger charge is -2.13. The highest BCUT2D eigenvalue weighted by Gasteiger charge is 2.01. The zero-order valence-corrected chi connectivity index (χ0v) is 18.1. The summed E-state index contributed by atoms with van der Waals surface area (Å²) < 4.78 is 15.0. The van der Waals surface area contributed by atoms with Crippen LogP contribution >= 0.6 is 24.0 Å². The number of guanidine groups is 1. The van der Waals surface area contributed by atoms with Gasteiger partial charge in [0, 0.05) is 39.1 Å². The molecule has 0 aliphatic carbocycles. The molecule has 1 heterocycles. The van der Waals surface area contributed by atoms with Crippen molar-refractivity contribution in [2.45, 2.75) is 19.5 Å². The van der Waals surface area contributed by atoms with Crippen molar-refractivity contribution < 1.29 is 4.39 Å². The fourth-order valence-corrected chi connectivity index (χ4v) is 2.81. The normalized spacial score (nSPS) is 11.0. The third-order valence-electron chi connectivity index (χ3n) is 4.22. The first-order valence-corrected chi connectivity index (χ1v) is 8.95. The van der Waals surface area contributed by atoms with Gasteiger partial charge in [0.25, 0.3) is 0 Å². The SMILES string of the molecule is CN=C(NCCc1ccc(F)cc1)NCc1cccc(Cn2ccnc2)c1.I. The summed E-state index contributed by atoms with van der Waals surface area (Å²) in [6.07, 6.45) is 6.37. The van der Waals surface area contributed by atoms with Crippen molar-refractivity contribution in [3.63, 3.8) is 0 Å². The zero-order chi connectivity index (χ0) is 18.9. The van der Waals surface area contributed by atoms with Crippen LogP contribution in [0.15, 0.2) is 72.2 Å². The molecule has 0 amide bonds. The third kappa shape index (κ3) is 6.95. The molecule has 0 saturated heterocycles. The van der Waals surface area contributed by atoms with Gasteiger partial charge in [-0.3, -0.25) is 4.99 Å². The van der Waals surface area contributed by atoms with Gasteiger partial charge in [0.1, 0.15) is 5.82 Å². The first kappa shape index (κ1) is 21.9. The van der Waals surface area contributed by atoms with E-state index in [9.17, 15) is 4.39 Å². The third-order valence-corrected chi connectivity index (χ3v) is 4.22. The summed E-state index contributed by atoms with van der Waals surface area (Å²) >= 11 is 0. The van der Waals surface area contributed by atoms with Crippen molar-refractivity contribution in [2.24, 2.45) is 4.99 Å². The Hall–Kier alpha value is -2.42. The lowest BCUT2D eigenvalue weighted by Crippen LogP contribution is -2.37. The van der Waals surface area contributed by atoms with Gasteiger partial charge < -0.3 is 15.2 Å². The molecule has 0 spiro atoms. The van der Waals surface area contributed by atoms with E-state index in [1.807, 2.05) is 17.1 Å². The van der Waals surface area contributed by atoms with Crippen LogP contribution in [0.1, 0.15) is 16.7 Å². The van der Waals surface area contributed by atoms with Gasteiger partial charge in [0.05, 0.1) is 6.33 Å². The lowest BCUT2D eigenvalue weighted by atomic mass is 10.1. The molecule has 28 heavy (non-hydrogen) atoms. The van der Waals surface area contributed by atoms with E-state index in [1.54, 1.807) is 25.4 Å². The quantitative estimate of drug-likeness (QED) is 0.301. The van der Waals surface area contributed by atoms with Crippen LogP contribution in [-0.4, -0.2) is 29.1 Å². The fourth-order valence-electron chi connectivity index (χ4n) is 2.81. The molecule has 2 aromatic carbocycles. The number of nitrogens with one attached hydrogen (secondary N) is 2. The Morgan fingerprint density at radius 2 is 1.86 bits per heavy atom. The van der Waals surface area contributed by atoms with Crippen molar-refractivity contribution in [1.29, 1.82) is 0 Å². The smallest absolute Gasteiger partial charge is 0.191 e. The van der Waals surface area contributed by atoms with E-state index < -0.39 is 0 Å². The Morgan fingerprint density at radius 3 is 2.57 bits per heavy atom. The Labute approximate surface area is 182 Å². The van der Waals surface area contributed by atoms with Gasteiger partial charge in [0.15, 0.2) is 5.96 Å². The summed E-state index contributed by atoms with van der Waals surface area (Å²) in [6, 6.07) is 15.0. The predicted molar refractivity (Wildman–Crippen MR) is 121 cm³/mol. The summed E-state index contributed by atoms with van der Waals surface area (Å²) in [5.74, 6) is 0.538. The molecule has 1 aromatic heterocycles. The summed E-state index contributed by atoms with van der Waals surface area (Å²) in [4.78, 5) is 8.33. The summed E-state index contributed by atoms with van der Waals surface area (Å²) in [5, 5.41) is 6.61. The standard InChI is InChI=1S/C21H24FN5.HI/c1-23-21(25-10-9-17-5-7-20(22)8-6-17)26-14-18-3-2-4-19(13-18)15-27-12-11-24-16-27;/h2-8,11-13,16H,9-10,14-15H2,1H3,(H2,23,25,26);1H. The fraction of sp³-hybridized carbons (Fsp3) is 0.238. The van der Waals surface area contributed by atoms with Crippen molar-refractivity contribution in [1.82, 2.24) is 20.2 Å². The molecule has 0 bridgehead atoms. The van der Waals surface area contributed by atoms with E-state index in [1.165, 1.54) is 23.3 Å². The van der Waals surface area contributed by atoms with Crippen LogP contribution < -0.4 is 10.6 Å². The molecule has 0 saturated carbocycles. The molecule has 7 heteroatoms. The van der Waals surface area contributed by atoms with Crippen molar-refractivity contribution in [2.75, 3.05) is 13.6 Å². The van der Waals surface area contributed by atoms with Crippen LogP contribution in [0.2, 0.25) is 0 Å². The molecular formula is C21H25FIN5. The second kappa shape index (κ2) is 11.4. The van der Waals surface area contributed by atoms with E-state index in [4.69, 9.17) is 0 Å². The highest BCUT2D eigenvalue weighted by atomic mass is 127. The molecule has 3 rings (SSSR count). The number of aliphatic imine (C=N–C) groups is 1. The van der Waals surface area contributed by atoms with Crippen LogP contribution in [0.3, 0.4) is 0 Å². The first-order valence-electron chi connectivity index (χ1n) is 8.95. The van der Waals surface area contributed by atoms with Gasteiger partial charge in [0.2, 0.25) is 0 Å². The molecule has 5 nitrogen and oxygen atoms in total. The number of hydrogen-bond acceptors (Lipinski definition) is 2. The Balaban J connectivity index is 0.00000280. The van der Waals surface area contributed by atoms with E-state index in [0.29, 0.717) is 6.54 Å². The summed E-state index contributed by atoms with van der Waals surface area (Å²) in [7, 11) is 1.75. The maximum Gasteiger partial charge on any atom is 0.191 e. The minimum absolute atomic E-state index is 0. The summed E-state index contributed by atoms with van der Waals surface area (Å²) in [5.41, 5.74) is 3.51. The molecule has 0 radical (unpaired) electrons. The van der Waals surface area contributed by atoms with E-state index >= 15 is 0 Å². The number of imidazole rings is 1. The molecule has 3 aromatic rings. The maximum atomic E-state index is 12.9. The highest BCUT2D eigenvalue weighted by Crippen LogP contribution is 2.07. The lowest BCUT2D eigenvalue weighted by molar-refractivity contribution is 0.626. The molecule has 0 atom stereocenters.